The van der Waals surface area contributed by atoms with E-state index >= 15 is 0 Å². The second-order valence-electron chi connectivity index (χ2n) is 6.75. The predicted octanol–water partition coefficient (Wildman–Crippen LogP) is 0.854. The molecule has 2 aliphatic rings. The Morgan fingerprint density at radius 1 is 1.54 bits per heavy atom. The second-order valence-corrected chi connectivity index (χ2v) is 8.10. The Morgan fingerprint density at radius 2 is 2.27 bits per heavy atom. The number of methoxy groups -OCH3 is 1. The van der Waals surface area contributed by atoms with E-state index in [0.29, 0.717) is 17.9 Å². The number of β-lactam (4-membered cyclic amide) rings is 1. The highest BCUT2D eigenvalue weighted by Gasteiger charge is 2.60. The number of carbonyl (C=O) groups is 2. The molecule has 0 spiro atoms. The van der Waals surface area contributed by atoms with Gasteiger partial charge in [-0.2, -0.15) is 5.10 Å². The molecule has 1 aromatic heterocycles. The summed E-state index contributed by atoms with van der Waals surface area (Å²) >= 11 is 1.43. The second kappa shape index (κ2) is 7.42. The standard InChI is InChI=1S/C17H23N3O5S/c1-8-13-12(9(2)21)16(22)20(13)14(17(23)24)15(8)26-11(7-25-3)6-10-4-5-18-19-10/h4-5,8-9,11-13,21H,6-7H2,1-3H3,(H,18,19)(H,23,24)/t8-,9-,11-,12-,13-/m1/s1. The number of aromatic amines is 1. The van der Waals surface area contributed by atoms with Crippen LogP contribution < -0.4 is 0 Å². The number of carboxylic acids is 1. The zero-order chi connectivity index (χ0) is 19.0. The number of carboxylic acid groups (broad SMARTS) is 1. The summed E-state index contributed by atoms with van der Waals surface area (Å²) in [5.74, 6) is -2.13. The summed E-state index contributed by atoms with van der Waals surface area (Å²) in [7, 11) is 1.60. The molecule has 8 nitrogen and oxygen atoms in total. The molecule has 0 radical (unpaired) electrons. The van der Waals surface area contributed by atoms with Crippen molar-refractivity contribution in [1.82, 2.24) is 15.1 Å². The van der Waals surface area contributed by atoms with Gasteiger partial charge in [-0.15, -0.1) is 11.8 Å². The highest BCUT2D eigenvalue weighted by Crippen LogP contribution is 2.51. The molecular formula is C17H23N3O5S. The minimum Gasteiger partial charge on any atom is -0.477 e. The lowest BCUT2D eigenvalue weighted by Crippen LogP contribution is -2.63. The van der Waals surface area contributed by atoms with E-state index in [1.54, 1.807) is 20.2 Å². The summed E-state index contributed by atoms with van der Waals surface area (Å²) in [6, 6.07) is 1.57. The number of H-pyrrole nitrogens is 1. The van der Waals surface area contributed by atoms with Crippen LogP contribution in [0, 0.1) is 11.8 Å². The van der Waals surface area contributed by atoms with Gasteiger partial charge in [0, 0.05) is 41.5 Å². The third-order valence-corrected chi connectivity index (χ3v) is 6.42. The smallest absolute Gasteiger partial charge is 0.353 e. The molecule has 0 aliphatic carbocycles. The van der Waals surface area contributed by atoms with Gasteiger partial charge in [0.1, 0.15) is 5.70 Å². The minimum absolute atomic E-state index is 0.0222. The van der Waals surface area contributed by atoms with Crippen LogP contribution in [0.5, 0.6) is 0 Å². The lowest BCUT2D eigenvalue weighted by Gasteiger charge is -2.46. The maximum Gasteiger partial charge on any atom is 0.353 e. The largest absolute Gasteiger partial charge is 0.477 e. The Hall–Kier alpha value is -1.84. The quantitative estimate of drug-likeness (QED) is 0.572. The number of rotatable bonds is 8. The number of amides is 1. The lowest BCUT2D eigenvalue weighted by molar-refractivity contribution is -0.163. The fourth-order valence-corrected chi connectivity index (χ4v) is 5.30. The number of thioether (sulfide) groups is 1. The number of nitrogens with zero attached hydrogens (tertiary/aromatic N) is 2. The molecule has 0 saturated carbocycles. The summed E-state index contributed by atoms with van der Waals surface area (Å²) in [5.41, 5.74) is 0.976. The van der Waals surface area contributed by atoms with Gasteiger partial charge in [-0.3, -0.25) is 9.89 Å². The zero-order valence-electron chi connectivity index (χ0n) is 14.9. The molecule has 0 unspecified atom stereocenters. The van der Waals surface area contributed by atoms with E-state index in [9.17, 15) is 19.8 Å². The predicted molar refractivity (Wildman–Crippen MR) is 95.2 cm³/mol. The highest BCUT2D eigenvalue weighted by molar-refractivity contribution is 8.03. The first-order valence-electron chi connectivity index (χ1n) is 8.49. The van der Waals surface area contributed by atoms with Gasteiger partial charge >= 0.3 is 5.97 Å². The lowest BCUT2D eigenvalue weighted by atomic mass is 9.79. The van der Waals surface area contributed by atoms with E-state index < -0.39 is 18.0 Å². The van der Waals surface area contributed by atoms with E-state index in [-0.39, 0.29) is 28.8 Å². The van der Waals surface area contributed by atoms with Gasteiger partial charge in [0.25, 0.3) is 0 Å². The van der Waals surface area contributed by atoms with Crippen molar-refractivity contribution < 1.29 is 24.5 Å². The van der Waals surface area contributed by atoms with Crippen LogP contribution >= 0.6 is 11.8 Å². The summed E-state index contributed by atoms with van der Waals surface area (Å²) in [5, 5.41) is 26.4. The summed E-state index contributed by atoms with van der Waals surface area (Å²) < 4.78 is 5.30. The van der Waals surface area contributed by atoms with Crippen molar-refractivity contribution in [3.63, 3.8) is 0 Å². The number of aliphatic hydroxyl groups excluding tert-OH is 1. The maximum atomic E-state index is 12.4. The monoisotopic (exact) mass is 381 g/mol. The van der Waals surface area contributed by atoms with E-state index in [2.05, 4.69) is 10.2 Å². The molecule has 0 bridgehead atoms. The van der Waals surface area contributed by atoms with E-state index in [1.807, 2.05) is 13.0 Å². The first kappa shape index (κ1) is 18.9. The Balaban J connectivity index is 1.86. The van der Waals surface area contributed by atoms with Gasteiger partial charge in [0.05, 0.1) is 24.7 Å². The zero-order valence-corrected chi connectivity index (χ0v) is 15.7. The SMILES string of the molecule is COC[C@@H](Cc1ccn[nH]1)SC1=C(C(=O)O)N2C(=O)[C@H]([C@@H](C)O)[C@H]2[C@H]1C. The summed E-state index contributed by atoms with van der Waals surface area (Å²) in [6.07, 6.45) is 1.51. The van der Waals surface area contributed by atoms with E-state index in [4.69, 9.17) is 4.74 Å². The number of ether oxygens (including phenoxy) is 1. The fourth-order valence-electron chi connectivity index (χ4n) is 3.82. The number of aliphatic hydroxyl groups is 1. The van der Waals surface area contributed by atoms with E-state index in [0.717, 1.165) is 5.69 Å². The highest BCUT2D eigenvalue weighted by atomic mass is 32.2. The van der Waals surface area contributed by atoms with Crippen molar-refractivity contribution in [2.45, 2.75) is 37.7 Å². The van der Waals surface area contributed by atoms with Crippen LogP contribution in [-0.2, 0) is 20.7 Å². The molecule has 3 heterocycles. The van der Waals surface area contributed by atoms with Crippen molar-refractivity contribution in [1.29, 1.82) is 0 Å². The maximum absolute atomic E-state index is 12.4. The van der Waals surface area contributed by atoms with Crippen molar-refractivity contribution >= 4 is 23.6 Å². The summed E-state index contributed by atoms with van der Waals surface area (Å²) in [4.78, 5) is 26.2. The van der Waals surface area contributed by atoms with Gasteiger partial charge in [-0.05, 0) is 13.0 Å². The Bertz CT molecular complexity index is 718. The molecule has 9 heteroatoms. The minimum atomic E-state index is -1.11. The number of carbonyl (C=O) groups excluding carboxylic acids is 1. The van der Waals surface area contributed by atoms with Crippen LogP contribution in [0.25, 0.3) is 0 Å². The van der Waals surface area contributed by atoms with Crippen LogP contribution in [-0.4, -0.2) is 68.3 Å². The van der Waals surface area contributed by atoms with Crippen molar-refractivity contribution in [3.8, 4) is 0 Å². The van der Waals surface area contributed by atoms with Crippen LogP contribution in [0.1, 0.15) is 19.5 Å². The first-order chi connectivity index (χ1) is 12.4. The Morgan fingerprint density at radius 3 is 2.81 bits per heavy atom. The molecule has 3 N–H and O–H groups in total. The van der Waals surface area contributed by atoms with Gasteiger partial charge in [0.15, 0.2) is 0 Å². The molecule has 1 saturated heterocycles. The van der Waals surface area contributed by atoms with Crippen molar-refractivity contribution in [3.05, 3.63) is 28.6 Å². The average Bonchev–Trinajstić information content (AvgIpc) is 3.14. The van der Waals surface area contributed by atoms with Gasteiger partial charge in [-0.1, -0.05) is 6.92 Å². The van der Waals surface area contributed by atoms with Crippen LogP contribution in [0.4, 0.5) is 0 Å². The normalized spacial score (nSPS) is 27.3. The van der Waals surface area contributed by atoms with Crippen LogP contribution in [0.3, 0.4) is 0 Å². The number of hydrogen-bond acceptors (Lipinski definition) is 6. The average molecular weight is 381 g/mol. The Labute approximate surface area is 155 Å². The molecule has 1 aromatic rings. The third-order valence-electron chi connectivity index (χ3n) is 4.96. The molecule has 2 aliphatic heterocycles. The first-order valence-corrected chi connectivity index (χ1v) is 9.37. The van der Waals surface area contributed by atoms with Crippen molar-refractivity contribution in [2.24, 2.45) is 11.8 Å². The van der Waals surface area contributed by atoms with Gasteiger partial charge < -0.3 is 19.8 Å². The number of nitrogens with one attached hydrogen (secondary N) is 1. The topological polar surface area (TPSA) is 116 Å². The molecule has 1 fully saturated rings. The van der Waals surface area contributed by atoms with Gasteiger partial charge in [0.2, 0.25) is 5.91 Å². The molecule has 3 rings (SSSR count). The van der Waals surface area contributed by atoms with Crippen molar-refractivity contribution in [2.75, 3.05) is 13.7 Å². The number of hydrogen-bond donors (Lipinski definition) is 3. The van der Waals surface area contributed by atoms with Gasteiger partial charge in [-0.25, -0.2) is 4.79 Å². The van der Waals surface area contributed by atoms with E-state index in [1.165, 1.54) is 16.7 Å². The molecule has 142 valence electrons. The Kier molecular flexibility index (Phi) is 5.40. The molecular weight excluding hydrogens is 358 g/mol. The van der Waals surface area contributed by atoms with Crippen LogP contribution in [0.15, 0.2) is 22.9 Å². The molecule has 5 atom stereocenters. The molecule has 26 heavy (non-hydrogen) atoms. The fraction of sp³-hybridized carbons (Fsp3) is 0.588. The summed E-state index contributed by atoms with van der Waals surface area (Å²) in [6.45, 7) is 3.92. The number of aliphatic carboxylic acids is 1. The number of aromatic nitrogens is 2. The number of fused-ring (bicyclic) bond motifs is 1. The molecule has 1 amide bonds. The third kappa shape index (κ3) is 3.15. The van der Waals surface area contributed by atoms with Crippen LogP contribution in [0.2, 0.25) is 0 Å². The molecule has 0 aromatic carbocycles.